The lowest BCUT2D eigenvalue weighted by molar-refractivity contribution is 0.748. The van der Waals surface area contributed by atoms with E-state index in [-0.39, 0.29) is 5.25 Å². The molecule has 5 heteroatoms. The zero-order valence-electron chi connectivity index (χ0n) is 11.1. The van der Waals surface area contributed by atoms with E-state index in [1.54, 1.807) is 22.8 Å². The summed E-state index contributed by atoms with van der Waals surface area (Å²) in [4.78, 5) is 0. The first kappa shape index (κ1) is 12.3. The Hall–Kier alpha value is -2.40. The fourth-order valence-corrected chi connectivity index (χ4v) is 3.46. The predicted molar refractivity (Wildman–Crippen MR) is 83.4 cm³/mol. The number of aromatic nitrogens is 3. The number of nitrogens with zero attached hydrogens (tertiary/aromatic N) is 4. The van der Waals surface area contributed by atoms with Crippen molar-refractivity contribution in [3.05, 3.63) is 78.1 Å². The van der Waals surface area contributed by atoms with Crippen molar-refractivity contribution in [1.82, 2.24) is 14.9 Å². The highest BCUT2D eigenvalue weighted by molar-refractivity contribution is 8.00. The Bertz CT molecular complexity index is 780. The van der Waals surface area contributed by atoms with Crippen molar-refractivity contribution in [3.63, 3.8) is 0 Å². The van der Waals surface area contributed by atoms with Gasteiger partial charge in [0.25, 0.3) is 0 Å². The van der Waals surface area contributed by atoms with Crippen molar-refractivity contribution in [1.29, 1.82) is 0 Å². The molecular weight excluding hydrogens is 280 g/mol. The minimum Gasteiger partial charge on any atom is -0.194 e. The van der Waals surface area contributed by atoms with E-state index in [0.717, 1.165) is 16.4 Å². The van der Waals surface area contributed by atoms with Gasteiger partial charge < -0.3 is 0 Å². The van der Waals surface area contributed by atoms with E-state index in [1.807, 2.05) is 24.3 Å². The van der Waals surface area contributed by atoms with Gasteiger partial charge >= 0.3 is 0 Å². The van der Waals surface area contributed by atoms with Gasteiger partial charge in [0.1, 0.15) is 6.33 Å². The van der Waals surface area contributed by atoms with E-state index in [2.05, 4.69) is 46.6 Å². The molecule has 0 unspecified atom stereocenters. The van der Waals surface area contributed by atoms with Crippen molar-refractivity contribution in [3.8, 4) is 0 Å². The minimum absolute atomic E-state index is 0.130. The van der Waals surface area contributed by atoms with Gasteiger partial charge in [0, 0.05) is 0 Å². The van der Waals surface area contributed by atoms with E-state index < -0.39 is 0 Å². The fourth-order valence-electron chi connectivity index (χ4n) is 2.37. The van der Waals surface area contributed by atoms with Gasteiger partial charge in [-0.25, -0.2) is 0 Å². The maximum Gasteiger partial charge on any atom is 0.212 e. The third-order valence-corrected chi connectivity index (χ3v) is 4.57. The Balaban J connectivity index is 1.86. The molecule has 1 atom stereocenters. The molecule has 102 valence electrons. The fraction of sp³-hybridized carbons (Fsp3) is 0.0625. The molecule has 1 aliphatic rings. The van der Waals surface area contributed by atoms with Gasteiger partial charge in [-0.1, -0.05) is 72.4 Å². The van der Waals surface area contributed by atoms with Crippen molar-refractivity contribution in [2.45, 2.75) is 10.4 Å². The van der Waals surface area contributed by atoms with Gasteiger partial charge in [0.2, 0.25) is 5.16 Å². The molecule has 1 aromatic heterocycles. The van der Waals surface area contributed by atoms with E-state index in [1.165, 1.54) is 5.56 Å². The highest BCUT2D eigenvalue weighted by Gasteiger charge is 2.27. The van der Waals surface area contributed by atoms with Crippen molar-refractivity contribution in [2.75, 3.05) is 0 Å². The summed E-state index contributed by atoms with van der Waals surface area (Å²) < 4.78 is 1.74. The Morgan fingerprint density at radius 1 is 0.905 bits per heavy atom. The normalized spacial score (nSPS) is 17.1. The number of thioether (sulfide) groups is 1. The second-order valence-electron chi connectivity index (χ2n) is 4.72. The Kier molecular flexibility index (Phi) is 3.05. The number of fused-ring (bicyclic) bond motifs is 1. The van der Waals surface area contributed by atoms with Crippen LogP contribution in [0, 0.1) is 0 Å². The smallest absolute Gasteiger partial charge is 0.194 e. The van der Waals surface area contributed by atoms with Crippen LogP contribution in [0.4, 0.5) is 0 Å². The zero-order chi connectivity index (χ0) is 14.1. The van der Waals surface area contributed by atoms with Gasteiger partial charge in [-0.3, -0.25) is 0 Å². The monoisotopic (exact) mass is 292 g/mol. The summed E-state index contributed by atoms with van der Waals surface area (Å²) in [5.41, 5.74) is 3.37. The van der Waals surface area contributed by atoms with Crippen LogP contribution in [0.15, 0.2) is 77.2 Å². The summed E-state index contributed by atoms with van der Waals surface area (Å²) >= 11 is 1.68. The third kappa shape index (κ3) is 2.25. The average Bonchev–Trinajstić information content (AvgIpc) is 3.03. The first-order valence-electron chi connectivity index (χ1n) is 6.68. The van der Waals surface area contributed by atoms with Crippen molar-refractivity contribution >= 4 is 17.5 Å². The molecule has 1 aliphatic heterocycles. The molecule has 0 amide bonds. The molecule has 0 N–H and O–H groups in total. The molecule has 2 aromatic carbocycles. The summed E-state index contributed by atoms with van der Waals surface area (Å²) in [7, 11) is 0. The number of hydrogen-bond donors (Lipinski definition) is 0. The maximum absolute atomic E-state index is 4.72. The van der Waals surface area contributed by atoms with Gasteiger partial charge in [-0.2, -0.15) is 9.78 Å². The minimum atomic E-state index is 0.130. The topological polar surface area (TPSA) is 43.1 Å². The first-order chi connectivity index (χ1) is 10.4. The van der Waals surface area contributed by atoms with E-state index >= 15 is 0 Å². The van der Waals surface area contributed by atoms with E-state index in [0.29, 0.717) is 0 Å². The molecule has 3 aromatic rings. The summed E-state index contributed by atoms with van der Waals surface area (Å²) in [6.07, 6.45) is 1.65. The summed E-state index contributed by atoms with van der Waals surface area (Å²) in [5, 5.41) is 13.7. The number of hydrogen-bond acceptors (Lipinski definition) is 4. The molecule has 0 spiro atoms. The standard InChI is InChI=1S/C16H12N4S/c1-3-7-12(8-4-1)14-15(13-9-5-2-6-10-13)21-16-18-17-11-20(16)19-14/h1-11,15H/t15-/m1/s1. The van der Waals surface area contributed by atoms with Crippen LogP contribution in [0.25, 0.3) is 0 Å². The van der Waals surface area contributed by atoms with Crippen LogP contribution in [0.3, 0.4) is 0 Å². The Morgan fingerprint density at radius 3 is 2.38 bits per heavy atom. The highest BCUT2D eigenvalue weighted by Crippen LogP contribution is 2.40. The summed E-state index contributed by atoms with van der Waals surface area (Å²) in [6, 6.07) is 20.6. The zero-order valence-corrected chi connectivity index (χ0v) is 11.9. The van der Waals surface area contributed by atoms with E-state index in [4.69, 9.17) is 5.10 Å². The molecule has 21 heavy (non-hydrogen) atoms. The van der Waals surface area contributed by atoms with Crippen LogP contribution in [-0.4, -0.2) is 20.6 Å². The lowest BCUT2D eigenvalue weighted by atomic mass is 10.0. The van der Waals surface area contributed by atoms with Crippen LogP contribution in [0.2, 0.25) is 0 Å². The largest absolute Gasteiger partial charge is 0.212 e. The molecule has 0 saturated carbocycles. The number of benzene rings is 2. The van der Waals surface area contributed by atoms with Crippen LogP contribution in [-0.2, 0) is 0 Å². The predicted octanol–water partition coefficient (Wildman–Crippen LogP) is 3.38. The maximum atomic E-state index is 4.72. The lowest BCUT2D eigenvalue weighted by Crippen LogP contribution is -2.17. The molecule has 4 rings (SSSR count). The van der Waals surface area contributed by atoms with Crippen molar-refractivity contribution in [2.24, 2.45) is 5.10 Å². The van der Waals surface area contributed by atoms with Crippen molar-refractivity contribution < 1.29 is 0 Å². The average molecular weight is 292 g/mol. The quantitative estimate of drug-likeness (QED) is 0.727. The van der Waals surface area contributed by atoms with Gasteiger partial charge in [-0.05, 0) is 11.1 Å². The van der Waals surface area contributed by atoms with Gasteiger partial charge in [0.05, 0.1) is 11.0 Å². The molecular formula is C16H12N4S. The molecule has 0 fully saturated rings. The first-order valence-corrected chi connectivity index (χ1v) is 7.56. The highest BCUT2D eigenvalue weighted by atomic mass is 32.2. The van der Waals surface area contributed by atoms with Crippen LogP contribution >= 0.6 is 11.8 Å². The molecule has 4 nitrogen and oxygen atoms in total. The Morgan fingerprint density at radius 2 is 1.62 bits per heavy atom. The van der Waals surface area contributed by atoms with Crippen LogP contribution in [0.5, 0.6) is 0 Å². The SMILES string of the molecule is c1ccc(C2=Nn3cnnc3S[C@@H]2c2ccccc2)cc1. The molecule has 0 saturated heterocycles. The molecule has 2 heterocycles. The summed E-state index contributed by atoms with van der Waals surface area (Å²) in [6.45, 7) is 0. The molecule has 0 bridgehead atoms. The van der Waals surface area contributed by atoms with Crippen LogP contribution < -0.4 is 0 Å². The van der Waals surface area contributed by atoms with Gasteiger partial charge in [0.15, 0.2) is 0 Å². The summed E-state index contributed by atoms with van der Waals surface area (Å²) in [5.74, 6) is 0. The van der Waals surface area contributed by atoms with Crippen LogP contribution in [0.1, 0.15) is 16.4 Å². The lowest BCUT2D eigenvalue weighted by Gasteiger charge is -2.22. The molecule has 0 aliphatic carbocycles. The third-order valence-electron chi connectivity index (χ3n) is 3.36. The Labute approximate surface area is 126 Å². The second-order valence-corrected chi connectivity index (χ2v) is 5.79. The molecule has 0 radical (unpaired) electrons. The van der Waals surface area contributed by atoms with E-state index in [9.17, 15) is 0 Å². The van der Waals surface area contributed by atoms with Gasteiger partial charge in [-0.15, -0.1) is 10.2 Å². The second kappa shape index (κ2) is 5.18. The number of rotatable bonds is 2.